The molecule has 1 atom stereocenters. The molecule has 8 heteroatoms. The Morgan fingerprint density at radius 3 is 2.66 bits per heavy atom. The van der Waals surface area contributed by atoms with Gasteiger partial charge in [0.15, 0.2) is 0 Å². The van der Waals surface area contributed by atoms with Gasteiger partial charge < -0.3 is 10.2 Å². The van der Waals surface area contributed by atoms with Crippen LogP contribution in [0.15, 0.2) is 54.6 Å². The predicted molar refractivity (Wildman–Crippen MR) is 127 cm³/mol. The Hall–Kier alpha value is -4.07. The van der Waals surface area contributed by atoms with E-state index in [-0.39, 0.29) is 60.9 Å². The lowest BCUT2D eigenvalue weighted by Gasteiger charge is -2.29. The second-order valence-corrected chi connectivity index (χ2v) is 8.88. The number of nitrogens with zero attached hydrogens (tertiary/aromatic N) is 1. The minimum atomic E-state index is -0.802. The van der Waals surface area contributed by atoms with Gasteiger partial charge in [0.05, 0.1) is 6.54 Å². The largest absolute Gasteiger partial charge is 0.352 e. The summed E-state index contributed by atoms with van der Waals surface area (Å²) in [7, 11) is 0. The van der Waals surface area contributed by atoms with Gasteiger partial charge in [0, 0.05) is 36.1 Å². The highest BCUT2D eigenvalue weighted by atomic mass is 19.1. The molecule has 0 aromatic heterocycles. The second-order valence-electron chi connectivity index (χ2n) is 8.88. The first kappa shape index (κ1) is 22.7. The van der Waals surface area contributed by atoms with E-state index in [1.165, 1.54) is 17.0 Å². The molecule has 178 valence electrons. The summed E-state index contributed by atoms with van der Waals surface area (Å²) in [4.78, 5) is 50.2. The molecule has 2 N–H and O–H groups in total. The number of hydrogen-bond donors (Lipinski definition) is 2. The molecule has 35 heavy (non-hydrogen) atoms. The summed E-state index contributed by atoms with van der Waals surface area (Å²) in [6, 6.07) is 16.2. The van der Waals surface area contributed by atoms with Gasteiger partial charge in [-0.1, -0.05) is 48.5 Å². The minimum absolute atomic E-state index is 0.0000903. The second kappa shape index (κ2) is 9.29. The number of benzene rings is 3. The lowest BCUT2D eigenvalue weighted by Crippen LogP contribution is -2.52. The molecule has 0 saturated carbocycles. The monoisotopic (exact) mass is 473 g/mol. The van der Waals surface area contributed by atoms with Crippen LogP contribution in [0.25, 0.3) is 10.8 Å². The maximum atomic E-state index is 15.2. The summed E-state index contributed by atoms with van der Waals surface area (Å²) in [5.41, 5.74) is 1.77. The van der Waals surface area contributed by atoms with Gasteiger partial charge in [-0.05, 0) is 35.2 Å². The molecule has 7 nitrogen and oxygen atoms in total. The molecule has 1 unspecified atom stereocenters. The predicted octanol–water partition coefficient (Wildman–Crippen LogP) is 2.99. The standard InChI is InChI=1S/C27H24FN3O4/c28-25-18(14-29-23(32)12-9-17-6-3-5-16-4-1-2-7-19(16)17)8-10-20-21(25)15-31(27(20)35)22-11-13-24(33)30-26(22)34/h1-8,10,22H,9,11-15H2,(H,29,32)(H,30,33,34). The van der Waals surface area contributed by atoms with Crippen molar-refractivity contribution in [3.63, 3.8) is 0 Å². The number of imide groups is 1. The smallest absolute Gasteiger partial charge is 0.255 e. The van der Waals surface area contributed by atoms with Gasteiger partial charge in [-0.15, -0.1) is 0 Å². The van der Waals surface area contributed by atoms with Gasteiger partial charge in [-0.25, -0.2) is 4.39 Å². The van der Waals surface area contributed by atoms with Crippen molar-refractivity contribution in [1.82, 2.24) is 15.5 Å². The third-order valence-corrected chi connectivity index (χ3v) is 6.71. The topological polar surface area (TPSA) is 95.6 Å². The summed E-state index contributed by atoms with van der Waals surface area (Å²) in [5, 5.41) is 7.23. The van der Waals surface area contributed by atoms with Crippen molar-refractivity contribution in [3.8, 4) is 0 Å². The number of aryl methyl sites for hydroxylation is 1. The van der Waals surface area contributed by atoms with Crippen LogP contribution in [0.1, 0.15) is 46.3 Å². The number of rotatable bonds is 6. The third kappa shape index (κ3) is 4.39. The van der Waals surface area contributed by atoms with Crippen molar-refractivity contribution in [2.75, 3.05) is 0 Å². The number of nitrogens with one attached hydrogen (secondary N) is 2. The Morgan fingerprint density at radius 2 is 1.83 bits per heavy atom. The Balaban J connectivity index is 1.22. The number of amides is 4. The molecule has 0 aliphatic carbocycles. The summed E-state index contributed by atoms with van der Waals surface area (Å²) >= 11 is 0. The molecule has 3 aromatic rings. The van der Waals surface area contributed by atoms with Crippen LogP contribution < -0.4 is 10.6 Å². The Kier molecular flexibility index (Phi) is 6.03. The number of carbonyl (C=O) groups excluding carboxylic acids is 4. The van der Waals surface area contributed by atoms with Gasteiger partial charge in [0.25, 0.3) is 5.91 Å². The van der Waals surface area contributed by atoms with Crippen molar-refractivity contribution < 1.29 is 23.6 Å². The molecule has 0 bridgehead atoms. The molecular weight excluding hydrogens is 449 g/mol. The van der Waals surface area contributed by atoms with Gasteiger partial charge in [0.2, 0.25) is 17.7 Å². The summed E-state index contributed by atoms with van der Waals surface area (Å²) < 4.78 is 15.2. The quantitative estimate of drug-likeness (QED) is 0.538. The minimum Gasteiger partial charge on any atom is -0.352 e. The number of hydrogen-bond acceptors (Lipinski definition) is 4. The molecule has 2 aliphatic heterocycles. The Morgan fingerprint density at radius 1 is 1.03 bits per heavy atom. The van der Waals surface area contributed by atoms with Crippen LogP contribution in [-0.2, 0) is 33.9 Å². The Labute approximate surface area is 201 Å². The lowest BCUT2D eigenvalue weighted by molar-refractivity contribution is -0.137. The maximum Gasteiger partial charge on any atom is 0.255 e. The first-order valence-corrected chi connectivity index (χ1v) is 11.6. The molecule has 2 heterocycles. The number of carbonyl (C=O) groups is 4. The third-order valence-electron chi connectivity index (χ3n) is 6.71. The molecule has 5 rings (SSSR count). The van der Waals surface area contributed by atoms with Crippen LogP contribution in [0.3, 0.4) is 0 Å². The van der Waals surface area contributed by atoms with Crippen molar-refractivity contribution in [2.24, 2.45) is 0 Å². The van der Waals surface area contributed by atoms with E-state index in [0.29, 0.717) is 6.42 Å². The first-order valence-electron chi connectivity index (χ1n) is 11.6. The van der Waals surface area contributed by atoms with Gasteiger partial charge in [-0.2, -0.15) is 0 Å². The molecule has 4 amide bonds. The number of halogens is 1. The molecular formula is C27H24FN3O4. The molecule has 2 aliphatic rings. The zero-order chi connectivity index (χ0) is 24.5. The highest BCUT2D eigenvalue weighted by molar-refractivity contribution is 6.05. The van der Waals surface area contributed by atoms with E-state index in [2.05, 4.69) is 10.6 Å². The van der Waals surface area contributed by atoms with Crippen molar-refractivity contribution in [3.05, 3.63) is 82.7 Å². The van der Waals surface area contributed by atoms with Crippen LogP contribution >= 0.6 is 0 Å². The van der Waals surface area contributed by atoms with Crippen molar-refractivity contribution in [2.45, 2.75) is 44.8 Å². The van der Waals surface area contributed by atoms with E-state index in [9.17, 15) is 19.2 Å². The van der Waals surface area contributed by atoms with Crippen LogP contribution in [0, 0.1) is 5.82 Å². The Bertz CT molecular complexity index is 1360. The van der Waals surface area contributed by atoms with Gasteiger partial charge in [0.1, 0.15) is 11.9 Å². The van der Waals surface area contributed by atoms with Gasteiger partial charge >= 0.3 is 0 Å². The molecule has 0 radical (unpaired) electrons. The van der Waals surface area contributed by atoms with Crippen LogP contribution in [0.2, 0.25) is 0 Å². The molecule has 1 fully saturated rings. The average Bonchev–Trinajstić information content (AvgIpc) is 3.19. The fraction of sp³-hybridized carbons (Fsp3) is 0.259. The van der Waals surface area contributed by atoms with E-state index in [4.69, 9.17) is 0 Å². The number of fused-ring (bicyclic) bond motifs is 2. The summed E-state index contributed by atoms with van der Waals surface area (Å²) in [6.07, 6.45) is 1.18. The SMILES string of the molecule is O=C(CCc1cccc2ccccc12)NCc1ccc2c(c1F)CN(C1CCC(=O)NC1=O)C2=O. The fourth-order valence-corrected chi connectivity index (χ4v) is 4.83. The van der Waals surface area contributed by atoms with E-state index in [1.54, 1.807) is 0 Å². The average molecular weight is 474 g/mol. The molecule has 1 saturated heterocycles. The van der Waals surface area contributed by atoms with Crippen LogP contribution in [-0.4, -0.2) is 34.6 Å². The highest BCUT2D eigenvalue weighted by Crippen LogP contribution is 2.30. The fourth-order valence-electron chi connectivity index (χ4n) is 4.83. The number of piperidine rings is 1. The van der Waals surface area contributed by atoms with Gasteiger partial charge in [-0.3, -0.25) is 24.5 Å². The first-order chi connectivity index (χ1) is 16.9. The van der Waals surface area contributed by atoms with Crippen molar-refractivity contribution in [1.29, 1.82) is 0 Å². The van der Waals surface area contributed by atoms with Crippen molar-refractivity contribution >= 4 is 34.4 Å². The summed E-state index contributed by atoms with van der Waals surface area (Å²) in [6.45, 7) is -0.0464. The van der Waals surface area contributed by atoms with Crippen LogP contribution in [0.5, 0.6) is 0 Å². The summed E-state index contributed by atoms with van der Waals surface area (Å²) in [5.74, 6) is -2.10. The van der Waals surface area contributed by atoms with Crippen LogP contribution in [0.4, 0.5) is 4.39 Å². The van der Waals surface area contributed by atoms with E-state index in [1.807, 2.05) is 42.5 Å². The zero-order valence-corrected chi connectivity index (χ0v) is 19.0. The molecule has 3 aromatic carbocycles. The lowest BCUT2D eigenvalue weighted by atomic mass is 10.0. The molecule has 0 spiro atoms. The zero-order valence-electron chi connectivity index (χ0n) is 19.0. The van der Waals surface area contributed by atoms with E-state index in [0.717, 1.165) is 16.3 Å². The normalized spacial score (nSPS) is 17.5. The maximum absolute atomic E-state index is 15.2. The van der Waals surface area contributed by atoms with E-state index < -0.39 is 23.7 Å². The van der Waals surface area contributed by atoms with E-state index >= 15 is 4.39 Å². The highest BCUT2D eigenvalue weighted by Gasteiger charge is 2.40.